The first kappa shape index (κ1) is 23.1. The predicted octanol–water partition coefficient (Wildman–Crippen LogP) is 4.02. The second-order valence-corrected chi connectivity index (χ2v) is 8.96. The molecule has 1 aliphatic heterocycles. The van der Waals surface area contributed by atoms with Gasteiger partial charge in [0.25, 0.3) is 16.9 Å². The smallest absolute Gasteiger partial charge is 0.294 e. The highest BCUT2D eigenvalue weighted by molar-refractivity contribution is 7.13. The van der Waals surface area contributed by atoms with Crippen LogP contribution in [0.3, 0.4) is 0 Å². The van der Waals surface area contributed by atoms with Gasteiger partial charge in [-0.2, -0.15) is 4.37 Å². The molecule has 10 nitrogen and oxygen atoms in total. The molecular weight excluding hydrogens is 484 g/mol. The average molecular weight is 503 g/mol. The number of carbonyl (C=O) groups is 3. The van der Waals surface area contributed by atoms with Crippen LogP contribution >= 0.6 is 11.5 Å². The first-order chi connectivity index (χ1) is 17.4. The molecule has 0 radical (unpaired) electrons. The van der Waals surface area contributed by atoms with E-state index in [0.717, 1.165) is 15.0 Å². The van der Waals surface area contributed by atoms with Gasteiger partial charge in [-0.3, -0.25) is 19.3 Å². The molecule has 36 heavy (non-hydrogen) atoms. The van der Waals surface area contributed by atoms with Crippen molar-refractivity contribution in [1.82, 2.24) is 9.27 Å². The van der Waals surface area contributed by atoms with E-state index in [-0.39, 0.29) is 13.2 Å². The van der Waals surface area contributed by atoms with E-state index in [1.807, 2.05) is 12.1 Å². The van der Waals surface area contributed by atoms with Gasteiger partial charge in [-0.05, 0) is 53.0 Å². The van der Waals surface area contributed by atoms with Crippen LogP contribution in [0.5, 0.6) is 0 Å². The third kappa shape index (κ3) is 4.51. The van der Waals surface area contributed by atoms with Crippen LogP contribution in [-0.4, -0.2) is 38.6 Å². The Hall–Kier alpha value is -4.64. The number of nitrogens with one attached hydrogen (secondary N) is 1. The highest BCUT2D eigenvalue weighted by atomic mass is 32.1. The van der Waals surface area contributed by atoms with Crippen molar-refractivity contribution in [3.8, 4) is 0 Å². The molecule has 0 fully saturated rings. The molecule has 1 aromatic heterocycles. The molecule has 11 heteroatoms. The van der Waals surface area contributed by atoms with Gasteiger partial charge in [-0.25, -0.2) is 0 Å². The summed E-state index contributed by atoms with van der Waals surface area (Å²) >= 11 is 1.30. The van der Waals surface area contributed by atoms with Crippen LogP contribution in [-0.2, 0) is 16.2 Å². The normalized spacial score (nSPS) is 13.5. The zero-order valence-electron chi connectivity index (χ0n) is 18.6. The number of hydrogen-bond donors (Lipinski definition) is 1. The molecule has 1 unspecified atom stereocenters. The fourth-order valence-electron chi connectivity index (χ4n) is 4.07. The molecule has 2 heterocycles. The van der Waals surface area contributed by atoms with Crippen molar-refractivity contribution in [3.05, 3.63) is 105 Å². The Morgan fingerprint density at radius 1 is 1.06 bits per heavy atom. The zero-order chi connectivity index (χ0) is 25.2. The summed E-state index contributed by atoms with van der Waals surface area (Å²) < 4.78 is 5.04. The number of benzene rings is 3. The van der Waals surface area contributed by atoms with Gasteiger partial charge in [0, 0.05) is 23.8 Å². The molecule has 0 aliphatic carbocycles. The minimum absolute atomic E-state index is 0.175. The number of anilines is 1. The van der Waals surface area contributed by atoms with E-state index in [4.69, 9.17) is 0 Å². The number of imide groups is 1. The topological polar surface area (TPSA) is 132 Å². The maximum absolute atomic E-state index is 13.5. The van der Waals surface area contributed by atoms with Crippen molar-refractivity contribution in [2.75, 3.05) is 11.9 Å². The summed E-state index contributed by atoms with van der Waals surface area (Å²) in [7, 11) is 0. The quantitative estimate of drug-likeness (QED) is 0.219. The van der Waals surface area contributed by atoms with E-state index >= 15 is 0 Å². The maximum atomic E-state index is 13.5. The molecule has 5 rings (SSSR count). The van der Waals surface area contributed by atoms with Crippen molar-refractivity contribution >= 4 is 45.0 Å². The summed E-state index contributed by atoms with van der Waals surface area (Å²) in [5, 5.41) is 13.4. The van der Waals surface area contributed by atoms with Crippen LogP contribution < -0.4 is 5.32 Å². The van der Waals surface area contributed by atoms with Gasteiger partial charge >= 0.3 is 0 Å². The molecule has 4 aromatic rings. The SMILES string of the molecule is O=C(Nc1ccc2cnsc2c1)C(CN1C(=O)c2ccccc2C1=O)c1ccc(CO[N+](=O)[O-])cc1. The minimum atomic E-state index is -0.894. The van der Waals surface area contributed by atoms with E-state index < -0.39 is 28.7 Å². The Kier molecular flexibility index (Phi) is 6.13. The molecule has 0 saturated heterocycles. The number of rotatable bonds is 8. The molecule has 180 valence electrons. The van der Waals surface area contributed by atoms with E-state index in [1.54, 1.807) is 60.8 Å². The van der Waals surface area contributed by atoms with E-state index in [1.165, 1.54) is 11.5 Å². The monoisotopic (exact) mass is 502 g/mol. The fourth-order valence-corrected chi connectivity index (χ4v) is 4.75. The van der Waals surface area contributed by atoms with Crippen LogP contribution in [0.4, 0.5) is 5.69 Å². The molecule has 3 aromatic carbocycles. The van der Waals surface area contributed by atoms with Crippen LogP contribution in [0.1, 0.15) is 37.8 Å². The third-order valence-corrected chi connectivity index (χ3v) is 6.66. The number of amides is 3. The van der Waals surface area contributed by atoms with Gasteiger partial charge in [0.05, 0.1) is 21.7 Å². The minimum Gasteiger partial charge on any atom is -0.325 e. The Morgan fingerprint density at radius 2 is 1.75 bits per heavy atom. The molecule has 1 N–H and O–H groups in total. The summed E-state index contributed by atoms with van der Waals surface area (Å²) in [6.45, 7) is -0.414. The number of hydrogen-bond acceptors (Lipinski definition) is 8. The van der Waals surface area contributed by atoms with Crippen molar-refractivity contribution in [2.45, 2.75) is 12.5 Å². The summed E-state index contributed by atoms with van der Waals surface area (Å²) in [5.41, 5.74) is 2.22. The van der Waals surface area contributed by atoms with Crippen molar-refractivity contribution in [3.63, 3.8) is 0 Å². The van der Waals surface area contributed by atoms with E-state index in [0.29, 0.717) is 27.9 Å². The highest BCUT2D eigenvalue weighted by Crippen LogP contribution is 2.28. The van der Waals surface area contributed by atoms with Crippen LogP contribution in [0, 0.1) is 10.1 Å². The maximum Gasteiger partial charge on any atom is 0.294 e. The van der Waals surface area contributed by atoms with Gasteiger partial charge < -0.3 is 10.2 Å². The molecule has 0 saturated carbocycles. The highest BCUT2D eigenvalue weighted by Gasteiger charge is 2.38. The van der Waals surface area contributed by atoms with Crippen LogP contribution in [0.2, 0.25) is 0 Å². The van der Waals surface area contributed by atoms with Gasteiger partial charge in [0.2, 0.25) is 5.91 Å². The second kappa shape index (κ2) is 9.55. The summed E-state index contributed by atoms with van der Waals surface area (Å²) in [5.74, 6) is -2.23. The molecule has 1 aliphatic rings. The van der Waals surface area contributed by atoms with Gasteiger partial charge in [0.1, 0.15) is 6.61 Å². The zero-order valence-corrected chi connectivity index (χ0v) is 19.4. The Bertz CT molecular complexity index is 1460. The molecule has 1 atom stereocenters. The lowest BCUT2D eigenvalue weighted by atomic mass is 9.96. The number of fused-ring (bicyclic) bond motifs is 2. The summed E-state index contributed by atoms with van der Waals surface area (Å²) in [6.07, 6.45) is 1.74. The number of nitrogens with zero attached hydrogens (tertiary/aromatic N) is 3. The Morgan fingerprint density at radius 3 is 2.42 bits per heavy atom. The van der Waals surface area contributed by atoms with Crippen LogP contribution in [0.15, 0.2) is 72.9 Å². The average Bonchev–Trinajstić information content (AvgIpc) is 3.44. The van der Waals surface area contributed by atoms with E-state index in [2.05, 4.69) is 14.5 Å². The second-order valence-electron chi connectivity index (χ2n) is 8.13. The largest absolute Gasteiger partial charge is 0.325 e. The third-order valence-electron chi connectivity index (χ3n) is 5.90. The standard InChI is InChI=1S/C25H18N4O6S/c30-23(27-18-10-9-17-12-26-36-22(17)11-18)21(16-7-5-15(6-8-16)14-35-29(33)34)13-28-24(31)19-3-1-2-4-20(19)25(28)32/h1-12,21H,13-14H2,(H,27,30). The predicted molar refractivity (Wildman–Crippen MR) is 131 cm³/mol. The molecule has 3 amide bonds. The Labute approximate surface area is 208 Å². The van der Waals surface area contributed by atoms with Crippen molar-refractivity contribution < 1.29 is 24.3 Å². The van der Waals surface area contributed by atoms with Gasteiger partial charge in [-0.1, -0.05) is 36.4 Å². The van der Waals surface area contributed by atoms with E-state index in [9.17, 15) is 24.5 Å². The van der Waals surface area contributed by atoms with Gasteiger partial charge in [0.15, 0.2) is 0 Å². The lowest BCUT2D eigenvalue weighted by Gasteiger charge is -2.23. The first-order valence-corrected chi connectivity index (χ1v) is 11.6. The fraction of sp³-hybridized carbons (Fsp3) is 0.120. The first-order valence-electron chi connectivity index (χ1n) is 10.9. The Balaban J connectivity index is 1.43. The summed E-state index contributed by atoms with van der Waals surface area (Å²) in [6, 6.07) is 18.4. The molecule has 0 bridgehead atoms. The molecule has 0 spiro atoms. The van der Waals surface area contributed by atoms with Crippen molar-refractivity contribution in [1.29, 1.82) is 0 Å². The van der Waals surface area contributed by atoms with Crippen LogP contribution in [0.25, 0.3) is 10.1 Å². The molecular formula is C25H18N4O6S. The van der Waals surface area contributed by atoms with Crippen molar-refractivity contribution in [2.24, 2.45) is 0 Å². The lowest BCUT2D eigenvalue weighted by Crippen LogP contribution is -2.38. The summed E-state index contributed by atoms with van der Waals surface area (Å²) in [4.78, 5) is 55.4. The van der Waals surface area contributed by atoms with Gasteiger partial charge in [-0.15, -0.1) is 10.1 Å². The number of carbonyl (C=O) groups excluding carboxylic acids is 3. The lowest BCUT2D eigenvalue weighted by molar-refractivity contribution is -0.763. The number of aromatic nitrogens is 1.